The van der Waals surface area contributed by atoms with Crippen LogP contribution >= 0.6 is 0 Å². The molecule has 2 unspecified atom stereocenters. The van der Waals surface area contributed by atoms with Gasteiger partial charge in [-0.05, 0) is 25.2 Å². The molecule has 0 spiro atoms. The standard InChI is InChI=1S/C13H26O3/c1-6-8-10(12(15)16-7-2)11(14)9-13(3,4)5/h10-11,14H,6-9H2,1-5H3. The molecule has 1 N–H and O–H groups in total. The molecule has 0 radical (unpaired) electrons. The summed E-state index contributed by atoms with van der Waals surface area (Å²) in [7, 11) is 0. The maximum Gasteiger partial charge on any atom is 0.311 e. The van der Waals surface area contributed by atoms with E-state index >= 15 is 0 Å². The fourth-order valence-corrected chi connectivity index (χ4v) is 1.80. The van der Waals surface area contributed by atoms with E-state index in [9.17, 15) is 9.90 Å². The predicted octanol–water partition coefficient (Wildman–Crippen LogP) is 2.76. The third-order valence-corrected chi connectivity index (χ3v) is 2.47. The summed E-state index contributed by atoms with van der Waals surface area (Å²) in [5, 5.41) is 10.1. The van der Waals surface area contributed by atoms with Gasteiger partial charge in [0.05, 0.1) is 18.6 Å². The summed E-state index contributed by atoms with van der Waals surface area (Å²) in [4.78, 5) is 11.7. The largest absolute Gasteiger partial charge is 0.466 e. The highest BCUT2D eigenvalue weighted by molar-refractivity contribution is 5.73. The summed E-state index contributed by atoms with van der Waals surface area (Å²) in [6.45, 7) is 10.4. The first-order valence-electron chi connectivity index (χ1n) is 6.16. The van der Waals surface area contributed by atoms with Gasteiger partial charge in [0.2, 0.25) is 0 Å². The summed E-state index contributed by atoms with van der Waals surface area (Å²) in [6, 6.07) is 0. The molecule has 0 fully saturated rings. The maximum atomic E-state index is 11.7. The lowest BCUT2D eigenvalue weighted by Crippen LogP contribution is -2.33. The number of carbonyl (C=O) groups is 1. The molecule has 3 heteroatoms. The molecule has 0 saturated heterocycles. The normalized spacial score (nSPS) is 15.6. The van der Waals surface area contributed by atoms with Crippen LogP contribution in [0.2, 0.25) is 0 Å². The van der Waals surface area contributed by atoms with Crippen molar-refractivity contribution in [3.63, 3.8) is 0 Å². The fourth-order valence-electron chi connectivity index (χ4n) is 1.80. The molecule has 3 nitrogen and oxygen atoms in total. The van der Waals surface area contributed by atoms with E-state index < -0.39 is 6.10 Å². The van der Waals surface area contributed by atoms with E-state index in [-0.39, 0.29) is 17.3 Å². The van der Waals surface area contributed by atoms with Crippen molar-refractivity contribution in [2.75, 3.05) is 6.61 Å². The van der Waals surface area contributed by atoms with Crippen LogP contribution in [0.25, 0.3) is 0 Å². The number of ether oxygens (including phenoxy) is 1. The van der Waals surface area contributed by atoms with E-state index in [1.165, 1.54) is 0 Å². The Morgan fingerprint density at radius 3 is 2.25 bits per heavy atom. The maximum absolute atomic E-state index is 11.7. The van der Waals surface area contributed by atoms with E-state index in [1.54, 1.807) is 6.92 Å². The molecule has 2 atom stereocenters. The van der Waals surface area contributed by atoms with Crippen LogP contribution in [-0.2, 0) is 9.53 Å². The van der Waals surface area contributed by atoms with Gasteiger partial charge in [0.25, 0.3) is 0 Å². The Morgan fingerprint density at radius 2 is 1.88 bits per heavy atom. The van der Waals surface area contributed by atoms with Gasteiger partial charge < -0.3 is 9.84 Å². The highest BCUT2D eigenvalue weighted by atomic mass is 16.5. The van der Waals surface area contributed by atoms with E-state index in [2.05, 4.69) is 20.8 Å². The minimum atomic E-state index is -0.598. The number of rotatable bonds is 6. The number of aliphatic hydroxyl groups excluding tert-OH is 1. The van der Waals surface area contributed by atoms with Crippen LogP contribution in [0.3, 0.4) is 0 Å². The number of aliphatic hydroxyl groups is 1. The zero-order valence-corrected chi connectivity index (χ0v) is 11.2. The molecular weight excluding hydrogens is 204 g/mol. The lowest BCUT2D eigenvalue weighted by atomic mass is 9.83. The van der Waals surface area contributed by atoms with Crippen molar-refractivity contribution >= 4 is 5.97 Å². The quantitative estimate of drug-likeness (QED) is 0.714. The Labute approximate surface area is 99.2 Å². The van der Waals surface area contributed by atoms with Gasteiger partial charge in [-0.15, -0.1) is 0 Å². The fraction of sp³-hybridized carbons (Fsp3) is 0.923. The number of hydrogen-bond donors (Lipinski definition) is 1. The first kappa shape index (κ1) is 15.4. The average Bonchev–Trinajstić information content (AvgIpc) is 2.11. The summed E-state index contributed by atoms with van der Waals surface area (Å²) in [5.41, 5.74) is 0.0257. The molecule has 0 heterocycles. The average molecular weight is 230 g/mol. The van der Waals surface area contributed by atoms with Crippen LogP contribution in [0.1, 0.15) is 53.9 Å². The van der Waals surface area contributed by atoms with Crippen molar-refractivity contribution in [3.05, 3.63) is 0 Å². The van der Waals surface area contributed by atoms with E-state index in [4.69, 9.17) is 4.74 Å². The van der Waals surface area contributed by atoms with Crippen molar-refractivity contribution in [1.29, 1.82) is 0 Å². The van der Waals surface area contributed by atoms with Gasteiger partial charge in [-0.25, -0.2) is 0 Å². The number of carbonyl (C=O) groups excluding carboxylic acids is 1. The van der Waals surface area contributed by atoms with Gasteiger partial charge in [0.1, 0.15) is 0 Å². The third-order valence-electron chi connectivity index (χ3n) is 2.47. The molecule has 0 aromatic carbocycles. The molecule has 0 aliphatic carbocycles. The van der Waals surface area contributed by atoms with Gasteiger partial charge in [0.15, 0.2) is 0 Å². The van der Waals surface area contributed by atoms with Crippen LogP contribution in [0, 0.1) is 11.3 Å². The van der Waals surface area contributed by atoms with Crippen molar-refractivity contribution in [2.45, 2.75) is 60.0 Å². The molecule has 0 aliphatic rings. The number of esters is 1. The minimum Gasteiger partial charge on any atom is -0.466 e. The molecule has 0 aromatic rings. The monoisotopic (exact) mass is 230 g/mol. The van der Waals surface area contributed by atoms with Crippen LogP contribution in [0.15, 0.2) is 0 Å². The second-order valence-electron chi connectivity index (χ2n) is 5.48. The summed E-state index contributed by atoms with van der Waals surface area (Å²) < 4.78 is 4.99. The first-order chi connectivity index (χ1) is 7.31. The Hall–Kier alpha value is -0.570. The zero-order chi connectivity index (χ0) is 12.8. The van der Waals surface area contributed by atoms with Crippen molar-refractivity contribution in [1.82, 2.24) is 0 Å². The van der Waals surface area contributed by atoms with Crippen LogP contribution in [0.5, 0.6) is 0 Å². The zero-order valence-electron chi connectivity index (χ0n) is 11.2. The van der Waals surface area contributed by atoms with E-state index in [0.717, 1.165) is 6.42 Å². The van der Waals surface area contributed by atoms with Crippen molar-refractivity contribution < 1.29 is 14.6 Å². The molecular formula is C13H26O3. The van der Waals surface area contributed by atoms with Crippen molar-refractivity contribution in [2.24, 2.45) is 11.3 Å². The van der Waals surface area contributed by atoms with Crippen LogP contribution < -0.4 is 0 Å². The topological polar surface area (TPSA) is 46.5 Å². The lowest BCUT2D eigenvalue weighted by molar-refractivity contribution is -0.153. The third kappa shape index (κ3) is 6.11. The Bertz CT molecular complexity index is 206. The predicted molar refractivity (Wildman–Crippen MR) is 65.1 cm³/mol. The van der Waals surface area contributed by atoms with Crippen molar-refractivity contribution in [3.8, 4) is 0 Å². The van der Waals surface area contributed by atoms with E-state index in [0.29, 0.717) is 19.4 Å². The van der Waals surface area contributed by atoms with Crippen LogP contribution in [0.4, 0.5) is 0 Å². The lowest BCUT2D eigenvalue weighted by Gasteiger charge is -2.27. The summed E-state index contributed by atoms with van der Waals surface area (Å²) >= 11 is 0. The number of hydrogen-bond acceptors (Lipinski definition) is 3. The smallest absolute Gasteiger partial charge is 0.311 e. The molecule has 0 rings (SSSR count). The second-order valence-corrected chi connectivity index (χ2v) is 5.48. The Morgan fingerprint density at radius 1 is 1.31 bits per heavy atom. The summed E-state index contributed by atoms with van der Waals surface area (Å²) in [5.74, 6) is -0.634. The first-order valence-corrected chi connectivity index (χ1v) is 6.16. The summed E-state index contributed by atoms with van der Waals surface area (Å²) in [6.07, 6.45) is 1.59. The molecule has 0 aromatic heterocycles. The minimum absolute atomic E-state index is 0.0257. The highest BCUT2D eigenvalue weighted by Gasteiger charge is 2.30. The SMILES string of the molecule is CCCC(C(=O)OCC)C(O)CC(C)(C)C. The van der Waals surface area contributed by atoms with E-state index in [1.807, 2.05) is 6.92 Å². The Kier molecular flexibility index (Phi) is 6.65. The van der Waals surface area contributed by atoms with Gasteiger partial charge in [-0.2, -0.15) is 0 Å². The van der Waals surface area contributed by atoms with Crippen LogP contribution in [-0.4, -0.2) is 23.8 Å². The molecule has 0 bridgehead atoms. The molecule has 16 heavy (non-hydrogen) atoms. The molecule has 96 valence electrons. The molecule has 0 saturated carbocycles. The highest BCUT2D eigenvalue weighted by Crippen LogP contribution is 2.26. The van der Waals surface area contributed by atoms with Gasteiger partial charge in [0, 0.05) is 0 Å². The second kappa shape index (κ2) is 6.89. The Balaban J connectivity index is 4.45. The van der Waals surface area contributed by atoms with Gasteiger partial charge >= 0.3 is 5.97 Å². The van der Waals surface area contributed by atoms with Gasteiger partial charge in [-0.1, -0.05) is 34.1 Å². The van der Waals surface area contributed by atoms with Gasteiger partial charge in [-0.3, -0.25) is 4.79 Å². The molecule has 0 aliphatic heterocycles. The molecule has 0 amide bonds.